The minimum Gasteiger partial charge on any atom is -0.450 e. The van der Waals surface area contributed by atoms with Crippen LogP contribution >= 0.6 is 0 Å². The average molecular weight is 284 g/mol. The van der Waals surface area contributed by atoms with Gasteiger partial charge in [0.1, 0.15) is 11.6 Å². The van der Waals surface area contributed by atoms with Gasteiger partial charge in [0.25, 0.3) is 0 Å². The standard InChI is InChI=1S/C14H12N4O3/c1-2-16-14-8-11(5-6-17-14)21-13-4-3-10(9-15)7-12(13)18(19)20/h3-8H,2H2,1H3,(H,16,17). The molecule has 7 nitrogen and oxygen atoms in total. The fourth-order valence-corrected chi connectivity index (χ4v) is 1.70. The van der Waals surface area contributed by atoms with Crippen molar-refractivity contribution in [3.8, 4) is 17.6 Å². The van der Waals surface area contributed by atoms with Crippen molar-refractivity contribution in [3.05, 3.63) is 52.2 Å². The molecular formula is C14H12N4O3. The molecule has 0 saturated carbocycles. The monoisotopic (exact) mass is 284 g/mol. The van der Waals surface area contributed by atoms with Crippen LogP contribution in [0.4, 0.5) is 11.5 Å². The number of benzene rings is 1. The van der Waals surface area contributed by atoms with Crippen molar-refractivity contribution < 1.29 is 9.66 Å². The lowest BCUT2D eigenvalue weighted by atomic mass is 10.2. The number of nitro groups is 1. The molecule has 1 aromatic heterocycles. The van der Waals surface area contributed by atoms with Gasteiger partial charge in [-0.25, -0.2) is 4.98 Å². The van der Waals surface area contributed by atoms with E-state index in [2.05, 4.69) is 10.3 Å². The molecule has 0 aliphatic carbocycles. The molecule has 0 unspecified atom stereocenters. The summed E-state index contributed by atoms with van der Waals surface area (Å²) in [6, 6.07) is 9.16. The van der Waals surface area contributed by atoms with Crippen LogP contribution in [0.2, 0.25) is 0 Å². The van der Waals surface area contributed by atoms with Gasteiger partial charge >= 0.3 is 5.69 Å². The predicted octanol–water partition coefficient (Wildman–Crippen LogP) is 3.09. The largest absolute Gasteiger partial charge is 0.450 e. The van der Waals surface area contributed by atoms with E-state index < -0.39 is 4.92 Å². The number of anilines is 1. The summed E-state index contributed by atoms with van der Waals surface area (Å²) in [6.45, 7) is 2.63. The van der Waals surface area contributed by atoms with Crippen LogP contribution in [0.5, 0.6) is 11.5 Å². The van der Waals surface area contributed by atoms with Crippen LogP contribution in [-0.4, -0.2) is 16.5 Å². The van der Waals surface area contributed by atoms with Crippen molar-refractivity contribution in [2.75, 3.05) is 11.9 Å². The second-order valence-electron chi connectivity index (χ2n) is 4.06. The molecule has 1 aromatic carbocycles. The lowest BCUT2D eigenvalue weighted by Gasteiger charge is -2.08. The summed E-state index contributed by atoms with van der Waals surface area (Å²) in [5.41, 5.74) is -0.0482. The first-order valence-electron chi connectivity index (χ1n) is 6.20. The highest BCUT2D eigenvalue weighted by Gasteiger charge is 2.17. The fraction of sp³-hybridized carbons (Fsp3) is 0.143. The number of nitro benzene ring substituents is 1. The molecular weight excluding hydrogens is 272 g/mol. The maximum atomic E-state index is 11.0. The zero-order valence-corrected chi connectivity index (χ0v) is 11.2. The third kappa shape index (κ3) is 3.45. The van der Waals surface area contributed by atoms with Gasteiger partial charge in [0.2, 0.25) is 5.75 Å². The van der Waals surface area contributed by atoms with E-state index in [1.807, 2.05) is 13.0 Å². The molecule has 1 heterocycles. The molecule has 0 spiro atoms. The zero-order chi connectivity index (χ0) is 15.2. The van der Waals surface area contributed by atoms with Gasteiger partial charge < -0.3 is 10.1 Å². The SMILES string of the molecule is CCNc1cc(Oc2ccc(C#N)cc2[N+](=O)[O-])ccn1. The van der Waals surface area contributed by atoms with Crippen molar-refractivity contribution >= 4 is 11.5 Å². The van der Waals surface area contributed by atoms with E-state index in [0.29, 0.717) is 18.1 Å². The van der Waals surface area contributed by atoms with Gasteiger partial charge in [-0.05, 0) is 25.1 Å². The van der Waals surface area contributed by atoms with E-state index in [1.165, 1.54) is 18.2 Å². The van der Waals surface area contributed by atoms with Crippen molar-refractivity contribution in [3.63, 3.8) is 0 Å². The second-order valence-corrected chi connectivity index (χ2v) is 4.06. The minimum absolute atomic E-state index is 0.0765. The molecule has 0 aliphatic rings. The Kier molecular flexibility index (Phi) is 4.31. The minimum atomic E-state index is -0.581. The fourth-order valence-electron chi connectivity index (χ4n) is 1.70. The van der Waals surface area contributed by atoms with Crippen LogP contribution in [-0.2, 0) is 0 Å². The van der Waals surface area contributed by atoms with Crippen LogP contribution in [0.1, 0.15) is 12.5 Å². The summed E-state index contributed by atoms with van der Waals surface area (Å²) in [6.07, 6.45) is 1.54. The van der Waals surface area contributed by atoms with Crippen molar-refractivity contribution in [2.45, 2.75) is 6.92 Å². The van der Waals surface area contributed by atoms with Crippen LogP contribution in [0.15, 0.2) is 36.5 Å². The molecule has 106 valence electrons. The average Bonchev–Trinajstić information content (AvgIpc) is 2.48. The van der Waals surface area contributed by atoms with Crippen molar-refractivity contribution in [1.29, 1.82) is 5.26 Å². The third-order valence-corrected chi connectivity index (χ3v) is 2.60. The highest BCUT2D eigenvalue weighted by molar-refractivity contribution is 5.53. The summed E-state index contributed by atoms with van der Waals surface area (Å²) in [4.78, 5) is 14.5. The van der Waals surface area contributed by atoms with Gasteiger partial charge in [-0.1, -0.05) is 0 Å². The molecule has 7 heteroatoms. The van der Waals surface area contributed by atoms with Crippen LogP contribution in [0.3, 0.4) is 0 Å². The molecule has 0 aliphatic heterocycles. The summed E-state index contributed by atoms with van der Waals surface area (Å²) in [7, 11) is 0. The quantitative estimate of drug-likeness (QED) is 0.668. The summed E-state index contributed by atoms with van der Waals surface area (Å²) in [5.74, 6) is 1.12. The number of ether oxygens (including phenoxy) is 1. The molecule has 0 bridgehead atoms. The van der Waals surface area contributed by atoms with Crippen LogP contribution in [0, 0.1) is 21.4 Å². The number of rotatable bonds is 5. The van der Waals surface area contributed by atoms with Gasteiger partial charge in [-0.15, -0.1) is 0 Å². The molecule has 0 atom stereocenters. The Labute approximate surface area is 121 Å². The van der Waals surface area contributed by atoms with Gasteiger partial charge in [0.15, 0.2) is 0 Å². The van der Waals surface area contributed by atoms with E-state index in [1.54, 1.807) is 18.3 Å². The van der Waals surface area contributed by atoms with Gasteiger partial charge in [-0.2, -0.15) is 5.26 Å². The normalized spacial score (nSPS) is 9.71. The second kappa shape index (κ2) is 6.34. The Morgan fingerprint density at radius 3 is 2.90 bits per heavy atom. The van der Waals surface area contributed by atoms with Gasteiger partial charge in [0, 0.05) is 24.9 Å². The van der Waals surface area contributed by atoms with Crippen molar-refractivity contribution in [1.82, 2.24) is 4.98 Å². The number of hydrogen-bond donors (Lipinski definition) is 1. The Hall–Kier alpha value is -3.14. The number of pyridine rings is 1. The van der Waals surface area contributed by atoms with Gasteiger partial charge in [-0.3, -0.25) is 10.1 Å². The van der Waals surface area contributed by atoms with E-state index in [-0.39, 0.29) is 17.0 Å². The predicted molar refractivity (Wildman–Crippen MR) is 76.3 cm³/mol. The molecule has 2 aromatic rings. The highest BCUT2D eigenvalue weighted by atomic mass is 16.6. The molecule has 0 radical (unpaired) electrons. The maximum absolute atomic E-state index is 11.0. The first-order valence-corrected chi connectivity index (χ1v) is 6.20. The summed E-state index contributed by atoms with van der Waals surface area (Å²) >= 11 is 0. The molecule has 1 N–H and O–H groups in total. The highest BCUT2D eigenvalue weighted by Crippen LogP contribution is 2.32. The zero-order valence-electron chi connectivity index (χ0n) is 11.2. The van der Waals surface area contributed by atoms with E-state index >= 15 is 0 Å². The third-order valence-electron chi connectivity index (χ3n) is 2.60. The number of aromatic nitrogens is 1. The lowest BCUT2D eigenvalue weighted by Crippen LogP contribution is -1.99. The van der Waals surface area contributed by atoms with Crippen LogP contribution in [0.25, 0.3) is 0 Å². The maximum Gasteiger partial charge on any atom is 0.312 e. The van der Waals surface area contributed by atoms with E-state index in [4.69, 9.17) is 10.00 Å². The van der Waals surface area contributed by atoms with Gasteiger partial charge in [0.05, 0.1) is 16.6 Å². The molecule has 0 amide bonds. The summed E-state index contributed by atoms with van der Waals surface area (Å²) < 4.78 is 5.53. The Bertz CT molecular complexity index is 710. The van der Waals surface area contributed by atoms with Crippen molar-refractivity contribution in [2.24, 2.45) is 0 Å². The van der Waals surface area contributed by atoms with E-state index in [0.717, 1.165) is 0 Å². The molecule has 2 rings (SSSR count). The molecule has 0 saturated heterocycles. The smallest absolute Gasteiger partial charge is 0.312 e. The first kappa shape index (κ1) is 14.3. The van der Waals surface area contributed by atoms with Crippen LogP contribution < -0.4 is 10.1 Å². The Balaban J connectivity index is 2.33. The molecule has 0 fully saturated rings. The Morgan fingerprint density at radius 2 is 2.24 bits per heavy atom. The molecule has 21 heavy (non-hydrogen) atoms. The lowest BCUT2D eigenvalue weighted by molar-refractivity contribution is -0.385. The topological polar surface area (TPSA) is 101 Å². The number of nitrogens with one attached hydrogen (secondary N) is 1. The van der Waals surface area contributed by atoms with E-state index in [9.17, 15) is 10.1 Å². The first-order chi connectivity index (χ1) is 10.1. The number of nitriles is 1. The number of nitrogens with zero attached hydrogens (tertiary/aromatic N) is 3. The number of hydrogen-bond acceptors (Lipinski definition) is 6. The summed E-state index contributed by atoms with van der Waals surface area (Å²) in [5, 5.41) is 22.9. The Morgan fingerprint density at radius 1 is 1.43 bits per heavy atom.